The first-order valence-electron chi connectivity index (χ1n) is 5.48. The predicted octanol–water partition coefficient (Wildman–Crippen LogP) is 1.34. The van der Waals surface area contributed by atoms with E-state index in [1.165, 1.54) is 6.26 Å². The summed E-state index contributed by atoms with van der Waals surface area (Å²) < 4.78 is 23.0. The van der Waals surface area contributed by atoms with Crippen LogP contribution >= 0.6 is 0 Å². The summed E-state index contributed by atoms with van der Waals surface area (Å²) in [6, 6.07) is 0.193. The van der Waals surface area contributed by atoms with E-state index in [9.17, 15) is 8.42 Å². The quantitative estimate of drug-likeness (QED) is 0.776. The Hall–Kier alpha value is -0.0900. The summed E-state index contributed by atoms with van der Waals surface area (Å²) in [5, 5.41) is 3.20. The molecule has 0 bridgehead atoms. The van der Waals surface area contributed by atoms with Gasteiger partial charge in [0.1, 0.15) is 0 Å². The molecular weight excluding hydrogens is 198 g/mol. The van der Waals surface area contributed by atoms with Crippen LogP contribution in [0.4, 0.5) is 0 Å². The van der Waals surface area contributed by atoms with Gasteiger partial charge in [0.25, 0.3) is 0 Å². The first kappa shape index (κ1) is 12.0. The smallest absolute Gasteiger partial charge is 0.151 e. The van der Waals surface area contributed by atoms with Crippen molar-refractivity contribution in [2.45, 2.75) is 50.3 Å². The van der Waals surface area contributed by atoms with Gasteiger partial charge in [-0.25, -0.2) is 8.42 Å². The maximum absolute atomic E-state index is 11.5. The topological polar surface area (TPSA) is 46.2 Å². The lowest BCUT2D eigenvalue weighted by Gasteiger charge is -2.30. The molecule has 1 saturated carbocycles. The van der Waals surface area contributed by atoms with E-state index in [1.54, 1.807) is 0 Å². The van der Waals surface area contributed by atoms with Crippen molar-refractivity contribution in [3.05, 3.63) is 0 Å². The maximum atomic E-state index is 11.5. The molecule has 0 aromatic heterocycles. The van der Waals surface area contributed by atoms with Gasteiger partial charge in [-0.15, -0.1) is 0 Å². The molecule has 1 aliphatic carbocycles. The lowest BCUT2D eigenvalue weighted by Crippen LogP contribution is -2.46. The summed E-state index contributed by atoms with van der Waals surface area (Å²) in [4.78, 5) is 0. The Bertz CT molecular complexity index is 261. The van der Waals surface area contributed by atoms with Crippen LogP contribution in [0.2, 0.25) is 0 Å². The standard InChI is InChI=1S/C10H21NO2S/c1-3-8-11-9-6-4-5-7-10(9)14(2,12)13/h9-11H,3-8H2,1-2H3. The van der Waals surface area contributed by atoms with Crippen LogP contribution in [0.1, 0.15) is 39.0 Å². The number of sulfone groups is 1. The van der Waals surface area contributed by atoms with E-state index in [-0.39, 0.29) is 11.3 Å². The first-order valence-corrected chi connectivity index (χ1v) is 7.43. The Kier molecular flexibility index (Phi) is 4.38. The molecule has 1 aliphatic rings. The van der Waals surface area contributed by atoms with Gasteiger partial charge in [-0.1, -0.05) is 19.8 Å². The molecule has 84 valence electrons. The molecule has 1 fully saturated rings. The average molecular weight is 219 g/mol. The highest BCUT2D eigenvalue weighted by atomic mass is 32.2. The lowest BCUT2D eigenvalue weighted by molar-refractivity contribution is 0.372. The van der Waals surface area contributed by atoms with E-state index in [0.29, 0.717) is 0 Å². The van der Waals surface area contributed by atoms with Crippen LogP contribution in [0, 0.1) is 0 Å². The highest BCUT2D eigenvalue weighted by molar-refractivity contribution is 7.91. The summed E-state index contributed by atoms with van der Waals surface area (Å²) in [6.07, 6.45) is 6.49. The van der Waals surface area contributed by atoms with E-state index in [1.807, 2.05) is 0 Å². The molecule has 0 spiro atoms. The second-order valence-electron chi connectivity index (χ2n) is 4.21. The molecule has 3 nitrogen and oxygen atoms in total. The van der Waals surface area contributed by atoms with Crippen molar-refractivity contribution in [2.24, 2.45) is 0 Å². The molecule has 0 aromatic carbocycles. The maximum Gasteiger partial charge on any atom is 0.151 e. The Morgan fingerprint density at radius 3 is 2.50 bits per heavy atom. The molecule has 1 rings (SSSR count). The van der Waals surface area contributed by atoms with Gasteiger partial charge in [0.2, 0.25) is 0 Å². The summed E-state index contributed by atoms with van der Waals surface area (Å²) in [6.45, 7) is 3.03. The van der Waals surface area contributed by atoms with E-state index >= 15 is 0 Å². The third kappa shape index (κ3) is 3.24. The van der Waals surface area contributed by atoms with Crippen LogP contribution in [0.3, 0.4) is 0 Å². The molecule has 2 unspecified atom stereocenters. The summed E-state index contributed by atoms with van der Waals surface area (Å²) in [7, 11) is -2.87. The van der Waals surface area contributed by atoms with Crippen molar-refractivity contribution in [1.82, 2.24) is 5.32 Å². The molecule has 0 aromatic rings. The van der Waals surface area contributed by atoms with Crippen LogP contribution < -0.4 is 5.32 Å². The molecule has 0 radical (unpaired) electrons. The number of nitrogens with one attached hydrogen (secondary N) is 1. The van der Waals surface area contributed by atoms with Crippen molar-refractivity contribution in [3.63, 3.8) is 0 Å². The van der Waals surface area contributed by atoms with Gasteiger partial charge in [-0.05, 0) is 25.8 Å². The largest absolute Gasteiger partial charge is 0.313 e. The van der Waals surface area contributed by atoms with Gasteiger partial charge in [0.15, 0.2) is 9.84 Å². The van der Waals surface area contributed by atoms with Crippen LogP contribution in [-0.2, 0) is 9.84 Å². The second-order valence-corrected chi connectivity index (χ2v) is 6.48. The third-order valence-corrected chi connectivity index (χ3v) is 4.57. The molecule has 4 heteroatoms. The molecule has 0 saturated heterocycles. The van der Waals surface area contributed by atoms with E-state index in [4.69, 9.17) is 0 Å². The van der Waals surface area contributed by atoms with E-state index in [2.05, 4.69) is 12.2 Å². The van der Waals surface area contributed by atoms with E-state index in [0.717, 1.165) is 38.6 Å². The summed E-state index contributed by atoms with van der Waals surface area (Å²) in [5.41, 5.74) is 0. The zero-order chi connectivity index (χ0) is 10.6. The SMILES string of the molecule is CCCNC1CCCCC1S(C)(=O)=O. The fourth-order valence-electron chi connectivity index (χ4n) is 2.17. The number of rotatable bonds is 4. The average Bonchev–Trinajstić information content (AvgIpc) is 2.14. The molecule has 1 N–H and O–H groups in total. The van der Waals surface area contributed by atoms with Gasteiger partial charge in [0.05, 0.1) is 5.25 Å². The van der Waals surface area contributed by atoms with Gasteiger partial charge in [-0.2, -0.15) is 0 Å². The van der Waals surface area contributed by atoms with Gasteiger partial charge in [0, 0.05) is 12.3 Å². The fraction of sp³-hybridized carbons (Fsp3) is 1.00. The van der Waals surface area contributed by atoms with Gasteiger partial charge < -0.3 is 5.32 Å². The second kappa shape index (κ2) is 5.12. The molecule has 0 amide bonds. The highest BCUT2D eigenvalue weighted by Gasteiger charge is 2.31. The minimum Gasteiger partial charge on any atom is -0.313 e. The fourth-order valence-corrected chi connectivity index (χ4v) is 3.60. The van der Waals surface area contributed by atoms with Crippen molar-refractivity contribution in [1.29, 1.82) is 0 Å². The number of hydrogen-bond acceptors (Lipinski definition) is 3. The third-order valence-electron chi connectivity index (χ3n) is 2.91. The van der Waals surface area contributed by atoms with Crippen molar-refractivity contribution in [2.75, 3.05) is 12.8 Å². The van der Waals surface area contributed by atoms with Gasteiger partial charge in [-0.3, -0.25) is 0 Å². The van der Waals surface area contributed by atoms with Crippen LogP contribution in [0.15, 0.2) is 0 Å². The molecule has 2 atom stereocenters. The molecule has 0 heterocycles. The predicted molar refractivity (Wildman–Crippen MR) is 59.2 cm³/mol. The van der Waals surface area contributed by atoms with E-state index < -0.39 is 9.84 Å². The minimum atomic E-state index is -2.87. The molecule has 0 aliphatic heterocycles. The monoisotopic (exact) mass is 219 g/mol. The Labute approximate surface area is 87.2 Å². The Balaban J connectivity index is 2.60. The van der Waals surface area contributed by atoms with Crippen molar-refractivity contribution < 1.29 is 8.42 Å². The molecule has 14 heavy (non-hydrogen) atoms. The normalized spacial score (nSPS) is 29.0. The zero-order valence-corrected chi connectivity index (χ0v) is 9.94. The van der Waals surface area contributed by atoms with Crippen LogP contribution in [0.5, 0.6) is 0 Å². The van der Waals surface area contributed by atoms with Crippen molar-refractivity contribution >= 4 is 9.84 Å². The number of hydrogen-bond donors (Lipinski definition) is 1. The Morgan fingerprint density at radius 1 is 1.29 bits per heavy atom. The Morgan fingerprint density at radius 2 is 1.93 bits per heavy atom. The highest BCUT2D eigenvalue weighted by Crippen LogP contribution is 2.23. The summed E-state index contributed by atoms with van der Waals surface area (Å²) >= 11 is 0. The van der Waals surface area contributed by atoms with Gasteiger partial charge >= 0.3 is 0 Å². The van der Waals surface area contributed by atoms with Crippen LogP contribution in [0.25, 0.3) is 0 Å². The minimum absolute atomic E-state index is 0.150. The van der Waals surface area contributed by atoms with Crippen LogP contribution in [-0.4, -0.2) is 32.5 Å². The first-order chi connectivity index (χ1) is 6.55. The molecular formula is C10H21NO2S. The summed E-state index contributed by atoms with van der Waals surface area (Å²) in [5.74, 6) is 0. The lowest BCUT2D eigenvalue weighted by atomic mass is 9.95. The zero-order valence-electron chi connectivity index (χ0n) is 9.12. The van der Waals surface area contributed by atoms with Crippen molar-refractivity contribution in [3.8, 4) is 0 Å².